The van der Waals surface area contributed by atoms with Gasteiger partial charge in [0.15, 0.2) is 0 Å². The maximum Gasteiger partial charge on any atom is 0.0442 e. The minimum absolute atomic E-state index is 0.538. The van der Waals surface area contributed by atoms with E-state index in [0.29, 0.717) is 5.88 Å². The molecular weight excluding hydrogens is 120 g/mol. The van der Waals surface area contributed by atoms with Crippen LogP contribution in [-0.2, 0) is 0 Å². The van der Waals surface area contributed by atoms with Gasteiger partial charge in [0, 0.05) is 5.88 Å². The van der Waals surface area contributed by atoms with Crippen molar-refractivity contribution in [1.82, 2.24) is 0 Å². The standard InChI is InChI=1S/C7H9Cl/c1-4-6(2)7(3)5-8/h1H,5H2,2-3H3/b7-6-. The molecule has 0 heterocycles. The van der Waals surface area contributed by atoms with Gasteiger partial charge in [-0.2, -0.15) is 0 Å². The van der Waals surface area contributed by atoms with Crippen LogP contribution in [0.5, 0.6) is 0 Å². The zero-order valence-electron chi connectivity index (χ0n) is 5.16. The van der Waals surface area contributed by atoms with E-state index in [1.165, 1.54) is 0 Å². The van der Waals surface area contributed by atoms with E-state index >= 15 is 0 Å². The van der Waals surface area contributed by atoms with Gasteiger partial charge in [-0.05, 0) is 25.0 Å². The first-order valence-corrected chi connectivity index (χ1v) is 2.94. The Morgan fingerprint density at radius 1 is 1.62 bits per heavy atom. The second kappa shape index (κ2) is 3.57. The van der Waals surface area contributed by atoms with Crippen molar-refractivity contribution >= 4 is 11.6 Å². The van der Waals surface area contributed by atoms with Crippen molar-refractivity contribution in [2.24, 2.45) is 0 Å². The molecule has 0 fully saturated rings. The number of allylic oxidation sites excluding steroid dienone is 2. The van der Waals surface area contributed by atoms with E-state index in [9.17, 15) is 0 Å². The van der Waals surface area contributed by atoms with Crippen LogP contribution in [0.1, 0.15) is 13.8 Å². The summed E-state index contributed by atoms with van der Waals surface area (Å²) in [5.41, 5.74) is 2.02. The molecule has 0 spiro atoms. The number of hydrogen-bond donors (Lipinski definition) is 0. The topological polar surface area (TPSA) is 0 Å². The summed E-state index contributed by atoms with van der Waals surface area (Å²) in [5, 5.41) is 0. The number of rotatable bonds is 1. The molecule has 0 nitrogen and oxygen atoms in total. The van der Waals surface area contributed by atoms with Gasteiger partial charge in [0.05, 0.1) is 0 Å². The highest BCUT2D eigenvalue weighted by atomic mass is 35.5. The first kappa shape index (κ1) is 7.59. The predicted molar refractivity (Wildman–Crippen MR) is 37.9 cm³/mol. The summed E-state index contributed by atoms with van der Waals surface area (Å²) in [6.07, 6.45) is 5.08. The van der Waals surface area contributed by atoms with Gasteiger partial charge >= 0.3 is 0 Å². The molecule has 0 radical (unpaired) electrons. The molecule has 0 bridgehead atoms. The van der Waals surface area contributed by atoms with E-state index in [1.54, 1.807) is 0 Å². The van der Waals surface area contributed by atoms with Crippen molar-refractivity contribution in [3.63, 3.8) is 0 Å². The quantitative estimate of drug-likeness (QED) is 0.375. The Morgan fingerprint density at radius 3 is 2.25 bits per heavy atom. The lowest BCUT2D eigenvalue weighted by Crippen LogP contribution is -1.80. The summed E-state index contributed by atoms with van der Waals surface area (Å²) < 4.78 is 0. The number of alkyl halides is 1. The number of terminal acetylenes is 1. The van der Waals surface area contributed by atoms with Crippen LogP contribution in [0.25, 0.3) is 0 Å². The molecule has 0 aromatic carbocycles. The zero-order valence-corrected chi connectivity index (χ0v) is 5.92. The maximum absolute atomic E-state index is 5.47. The van der Waals surface area contributed by atoms with Gasteiger partial charge in [0.1, 0.15) is 0 Å². The van der Waals surface area contributed by atoms with Crippen LogP contribution < -0.4 is 0 Å². The Hall–Kier alpha value is -0.410. The molecule has 0 saturated heterocycles. The Bertz CT molecular complexity index is 137. The molecule has 0 aliphatic carbocycles. The Kier molecular flexibility index (Phi) is 3.39. The summed E-state index contributed by atoms with van der Waals surface area (Å²) in [6.45, 7) is 3.82. The molecule has 0 saturated carbocycles. The average molecular weight is 129 g/mol. The first-order chi connectivity index (χ1) is 3.72. The van der Waals surface area contributed by atoms with Crippen molar-refractivity contribution in [2.45, 2.75) is 13.8 Å². The normalized spacial score (nSPS) is 12.2. The van der Waals surface area contributed by atoms with Crippen molar-refractivity contribution in [3.05, 3.63) is 11.1 Å². The van der Waals surface area contributed by atoms with Crippen LogP contribution in [-0.4, -0.2) is 5.88 Å². The molecule has 1 heteroatoms. The van der Waals surface area contributed by atoms with Crippen molar-refractivity contribution in [1.29, 1.82) is 0 Å². The van der Waals surface area contributed by atoms with E-state index in [-0.39, 0.29) is 0 Å². The Labute approximate surface area is 55.5 Å². The van der Waals surface area contributed by atoms with Gasteiger partial charge in [-0.1, -0.05) is 5.92 Å². The fraction of sp³-hybridized carbons (Fsp3) is 0.429. The van der Waals surface area contributed by atoms with Gasteiger partial charge in [-0.15, -0.1) is 18.0 Å². The van der Waals surface area contributed by atoms with E-state index in [4.69, 9.17) is 18.0 Å². The lowest BCUT2D eigenvalue weighted by atomic mass is 10.2. The first-order valence-electron chi connectivity index (χ1n) is 2.41. The average Bonchev–Trinajstić information content (AvgIpc) is 1.84. The highest BCUT2D eigenvalue weighted by Crippen LogP contribution is 2.02. The SMILES string of the molecule is C#C/C(C)=C(/C)CCl. The molecule has 0 rings (SSSR count). The molecule has 8 heavy (non-hydrogen) atoms. The monoisotopic (exact) mass is 128 g/mol. The molecule has 0 amide bonds. The van der Waals surface area contributed by atoms with E-state index in [1.807, 2.05) is 13.8 Å². The van der Waals surface area contributed by atoms with Gasteiger partial charge in [-0.3, -0.25) is 0 Å². The smallest absolute Gasteiger partial charge is 0.0442 e. The lowest BCUT2D eigenvalue weighted by molar-refractivity contribution is 1.32. The molecule has 0 atom stereocenters. The highest BCUT2D eigenvalue weighted by Gasteiger charge is 1.87. The highest BCUT2D eigenvalue weighted by molar-refractivity contribution is 6.19. The van der Waals surface area contributed by atoms with Gasteiger partial charge in [0.25, 0.3) is 0 Å². The second-order valence-corrected chi connectivity index (χ2v) is 1.95. The van der Waals surface area contributed by atoms with E-state index in [0.717, 1.165) is 11.1 Å². The third kappa shape index (κ3) is 2.04. The second-order valence-electron chi connectivity index (χ2n) is 1.68. The van der Waals surface area contributed by atoms with Gasteiger partial charge in [-0.25, -0.2) is 0 Å². The fourth-order valence-corrected chi connectivity index (χ4v) is 0.424. The van der Waals surface area contributed by atoms with E-state index in [2.05, 4.69) is 5.92 Å². The van der Waals surface area contributed by atoms with Crippen molar-refractivity contribution in [3.8, 4) is 12.3 Å². The van der Waals surface area contributed by atoms with Crippen LogP contribution in [0.4, 0.5) is 0 Å². The van der Waals surface area contributed by atoms with Crippen LogP contribution in [0.3, 0.4) is 0 Å². The van der Waals surface area contributed by atoms with Crippen molar-refractivity contribution in [2.75, 3.05) is 5.88 Å². The minimum atomic E-state index is 0.538. The summed E-state index contributed by atoms with van der Waals surface area (Å²) in [6, 6.07) is 0. The summed E-state index contributed by atoms with van der Waals surface area (Å²) in [4.78, 5) is 0. The van der Waals surface area contributed by atoms with Crippen molar-refractivity contribution < 1.29 is 0 Å². The van der Waals surface area contributed by atoms with Gasteiger partial charge < -0.3 is 0 Å². The van der Waals surface area contributed by atoms with Crippen LogP contribution in [0.2, 0.25) is 0 Å². The molecule has 0 aliphatic rings. The summed E-state index contributed by atoms with van der Waals surface area (Å²) >= 11 is 5.47. The number of hydrogen-bond acceptors (Lipinski definition) is 0. The number of halogens is 1. The molecule has 0 aromatic heterocycles. The third-order valence-electron chi connectivity index (χ3n) is 1.06. The molecule has 44 valence electrons. The molecule has 0 aromatic rings. The molecule has 0 unspecified atom stereocenters. The minimum Gasteiger partial charge on any atom is -0.122 e. The molecule has 0 aliphatic heterocycles. The molecular formula is C7H9Cl. The third-order valence-corrected chi connectivity index (χ3v) is 1.46. The Morgan fingerprint density at radius 2 is 2.12 bits per heavy atom. The molecule has 0 N–H and O–H groups in total. The van der Waals surface area contributed by atoms with Gasteiger partial charge in [0.2, 0.25) is 0 Å². The summed E-state index contributed by atoms with van der Waals surface area (Å²) in [7, 11) is 0. The predicted octanol–water partition coefficient (Wildman–Crippen LogP) is 2.19. The largest absolute Gasteiger partial charge is 0.122 e. The summed E-state index contributed by atoms with van der Waals surface area (Å²) in [5.74, 6) is 3.05. The fourth-order valence-electron chi connectivity index (χ4n) is 0.223. The maximum atomic E-state index is 5.47. The van der Waals surface area contributed by atoms with E-state index < -0.39 is 0 Å². The van der Waals surface area contributed by atoms with Crippen LogP contribution >= 0.6 is 11.6 Å². The zero-order chi connectivity index (χ0) is 6.57. The van der Waals surface area contributed by atoms with Crippen LogP contribution in [0.15, 0.2) is 11.1 Å². The Balaban J connectivity index is 4.10. The van der Waals surface area contributed by atoms with Crippen LogP contribution in [0, 0.1) is 12.3 Å². The lowest BCUT2D eigenvalue weighted by Gasteiger charge is -1.92.